The highest BCUT2D eigenvalue weighted by atomic mass is 16.3. The fourth-order valence-electron chi connectivity index (χ4n) is 2.26. The third-order valence-electron chi connectivity index (χ3n) is 3.35. The Morgan fingerprint density at radius 2 is 2.18 bits per heavy atom. The highest BCUT2D eigenvalue weighted by molar-refractivity contribution is 5.52. The monoisotopic (exact) mass is 234 g/mol. The molecule has 0 atom stereocenters. The number of nitrogens with one attached hydrogen (secondary N) is 1. The van der Waals surface area contributed by atoms with Crippen molar-refractivity contribution in [3.63, 3.8) is 0 Å². The summed E-state index contributed by atoms with van der Waals surface area (Å²) in [7, 11) is 1.97. The van der Waals surface area contributed by atoms with Crippen molar-refractivity contribution in [2.45, 2.75) is 32.4 Å². The molecule has 0 bridgehead atoms. The first-order valence-electron chi connectivity index (χ1n) is 6.38. The Morgan fingerprint density at radius 1 is 1.41 bits per heavy atom. The maximum absolute atomic E-state index is 9.13. The summed E-state index contributed by atoms with van der Waals surface area (Å²) in [4.78, 5) is 2.33. The summed E-state index contributed by atoms with van der Waals surface area (Å²) >= 11 is 0. The van der Waals surface area contributed by atoms with Crippen LogP contribution in [0.1, 0.15) is 24.0 Å². The van der Waals surface area contributed by atoms with Crippen molar-refractivity contribution in [2.75, 3.05) is 25.1 Å². The molecule has 0 heterocycles. The number of rotatable bonds is 6. The molecule has 1 aliphatic carbocycles. The van der Waals surface area contributed by atoms with Gasteiger partial charge in [-0.1, -0.05) is 6.07 Å². The van der Waals surface area contributed by atoms with Gasteiger partial charge in [0.15, 0.2) is 0 Å². The van der Waals surface area contributed by atoms with E-state index in [4.69, 9.17) is 5.11 Å². The number of nitrogens with zero attached hydrogens (tertiary/aromatic N) is 1. The molecule has 3 heteroatoms. The molecule has 1 saturated carbocycles. The molecule has 0 aliphatic heterocycles. The molecular weight excluding hydrogens is 212 g/mol. The van der Waals surface area contributed by atoms with Crippen LogP contribution >= 0.6 is 0 Å². The molecule has 0 radical (unpaired) electrons. The Bertz CT molecular complexity index is 374. The molecule has 1 fully saturated rings. The average molecular weight is 234 g/mol. The fourth-order valence-corrected chi connectivity index (χ4v) is 2.26. The summed E-state index contributed by atoms with van der Waals surface area (Å²) in [6.07, 6.45) is 2.52. The van der Waals surface area contributed by atoms with Crippen LogP contribution in [0.2, 0.25) is 0 Å². The van der Waals surface area contributed by atoms with E-state index in [0.29, 0.717) is 6.04 Å². The van der Waals surface area contributed by atoms with Crippen molar-refractivity contribution >= 4 is 5.69 Å². The Balaban J connectivity index is 2.16. The highest BCUT2D eigenvalue weighted by Gasteiger charge is 2.28. The zero-order valence-corrected chi connectivity index (χ0v) is 10.7. The number of anilines is 1. The number of aryl methyl sites for hydroxylation is 1. The van der Waals surface area contributed by atoms with Crippen LogP contribution in [0, 0.1) is 6.92 Å². The number of hydrogen-bond acceptors (Lipinski definition) is 3. The van der Waals surface area contributed by atoms with Gasteiger partial charge in [-0.25, -0.2) is 0 Å². The third kappa shape index (κ3) is 2.99. The topological polar surface area (TPSA) is 35.5 Å². The summed E-state index contributed by atoms with van der Waals surface area (Å²) in [5.41, 5.74) is 3.91. The predicted molar refractivity (Wildman–Crippen MR) is 71.4 cm³/mol. The molecule has 0 saturated heterocycles. The second-order valence-corrected chi connectivity index (χ2v) is 4.79. The largest absolute Gasteiger partial charge is 0.395 e. The van der Waals surface area contributed by atoms with Gasteiger partial charge in [-0.05, 0) is 50.1 Å². The molecule has 0 amide bonds. The van der Waals surface area contributed by atoms with Gasteiger partial charge < -0.3 is 15.3 Å². The van der Waals surface area contributed by atoms with Crippen LogP contribution in [0.15, 0.2) is 18.2 Å². The van der Waals surface area contributed by atoms with Crippen LogP contribution in [-0.4, -0.2) is 31.3 Å². The summed E-state index contributed by atoms with van der Waals surface area (Å²) in [5.74, 6) is 0. The van der Waals surface area contributed by atoms with E-state index in [9.17, 15) is 0 Å². The highest BCUT2D eigenvalue weighted by Crippen LogP contribution is 2.32. The summed E-state index contributed by atoms with van der Waals surface area (Å²) in [5, 5.41) is 12.3. The summed E-state index contributed by atoms with van der Waals surface area (Å²) < 4.78 is 0. The Hall–Kier alpha value is -1.06. The van der Waals surface area contributed by atoms with Crippen LogP contribution < -0.4 is 10.2 Å². The number of benzene rings is 1. The second-order valence-electron chi connectivity index (χ2n) is 4.79. The van der Waals surface area contributed by atoms with E-state index < -0.39 is 0 Å². The van der Waals surface area contributed by atoms with Crippen molar-refractivity contribution in [3.8, 4) is 0 Å². The fraction of sp³-hybridized carbons (Fsp3) is 0.571. The number of aliphatic hydroxyl groups excluding tert-OH is 1. The molecule has 1 aliphatic rings. The SMILES string of the molecule is CNCc1ccc(N(CCO)C2CC2)cc1C. The molecule has 3 nitrogen and oxygen atoms in total. The maximum atomic E-state index is 9.13. The second kappa shape index (κ2) is 5.52. The van der Waals surface area contributed by atoms with E-state index >= 15 is 0 Å². The van der Waals surface area contributed by atoms with Crippen molar-refractivity contribution < 1.29 is 5.11 Å². The normalized spacial score (nSPS) is 15.0. The maximum Gasteiger partial charge on any atom is 0.0606 e. The lowest BCUT2D eigenvalue weighted by atomic mass is 10.1. The van der Waals surface area contributed by atoms with Gasteiger partial charge in [0.25, 0.3) is 0 Å². The van der Waals surface area contributed by atoms with Crippen molar-refractivity contribution in [1.29, 1.82) is 0 Å². The molecule has 1 aromatic rings. The number of hydrogen-bond donors (Lipinski definition) is 2. The van der Waals surface area contributed by atoms with E-state index in [2.05, 4.69) is 35.3 Å². The lowest BCUT2D eigenvalue weighted by molar-refractivity contribution is 0.301. The van der Waals surface area contributed by atoms with Crippen LogP contribution in [0.4, 0.5) is 5.69 Å². The van der Waals surface area contributed by atoms with E-state index in [-0.39, 0.29) is 6.61 Å². The minimum atomic E-state index is 0.230. The summed E-state index contributed by atoms with van der Waals surface area (Å²) in [6.45, 7) is 4.04. The van der Waals surface area contributed by atoms with Gasteiger partial charge in [0.1, 0.15) is 0 Å². The third-order valence-corrected chi connectivity index (χ3v) is 3.35. The van der Waals surface area contributed by atoms with E-state index in [1.54, 1.807) is 0 Å². The Labute approximate surface area is 103 Å². The average Bonchev–Trinajstić information content (AvgIpc) is 3.13. The van der Waals surface area contributed by atoms with E-state index in [1.807, 2.05) is 7.05 Å². The first kappa shape index (κ1) is 12.4. The molecule has 94 valence electrons. The zero-order chi connectivity index (χ0) is 12.3. The standard InChI is InChI=1S/C14H22N2O/c1-11-9-14(4-3-12(11)10-15-2)16(7-8-17)13-5-6-13/h3-4,9,13,15,17H,5-8,10H2,1-2H3. The molecule has 0 unspecified atom stereocenters. The first-order chi connectivity index (χ1) is 8.26. The predicted octanol–water partition coefficient (Wildman–Crippen LogP) is 1.68. The number of aliphatic hydroxyl groups is 1. The van der Waals surface area contributed by atoms with E-state index in [0.717, 1.165) is 13.1 Å². The van der Waals surface area contributed by atoms with E-state index in [1.165, 1.54) is 29.7 Å². The van der Waals surface area contributed by atoms with Crippen LogP contribution in [0.25, 0.3) is 0 Å². The molecule has 17 heavy (non-hydrogen) atoms. The van der Waals surface area contributed by atoms with Gasteiger partial charge in [0.2, 0.25) is 0 Å². The van der Waals surface area contributed by atoms with Crippen LogP contribution in [0.5, 0.6) is 0 Å². The molecule has 0 spiro atoms. The van der Waals surface area contributed by atoms with Crippen molar-refractivity contribution in [1.82, 2.24) is 5.32 Å². The van der Waals surface area contributed by atoms with Gasteiger partial charge in [-0.2, -0.15) is 0 Å². The Morgan fingerprint density at radius 3 is 2.71 bits per heavy atom. The van der Waals surface area contributed by atoms with Gasteiger partial charge in [0.05, 0.1) is 6.61 Å². The van der Waals surface area contributed by atoms with Gasteiger partial charge in [-0.3, -0.25) is 0 Å². The zero-order valence-electron chi connectivity index (χ0n) is 10.7. The molecule has 2 rings (SSSR count). The van der Waals surface area contributed by atoms with Crippen LogP contribution in [0.3, 0.4) is 0 Å². The molecule has 0 aromatic heterocycles. The van der Waals surface area contributed by atoms with Crippen molar-refractivity contribution in [2.24, 2.45) is 0 Å². The van der Waals surface area contributed by atoms with Gasteiger partial charge in [-0.15, -0.1) is 0 Å². The smallest absolute Gasteiger partial charge is 0.0606 e. The lowest BCUT2D eigenvalue weighted by Crippen LogP contribution is -2.28. The Kier molecular flexibility index (Phi) is 4.02. The minimum Gasteiger partial charge on any atom is -0.395 e. The molecular formula is C14H22N2O. The first-order valence-corrected chi connectivity index (χ1v) is 6.38. The quantitative estimate of drug-likeness (QED) is 0.786. The lowest BCUT2D eigenvalue weighted by Gasteiger charge is -2.24. The van der Waals surface area contributed by atoms with Crippen LogP contribution in [-0.2, 0) is 6.54 Å². The van der Waals surface area contributed by atoms with Crippen molar-refractivity contribution in [3.05, 3.63) is 29.3 Å². The van der Waals surface area contributed by atoms with Gasteiger partial charge in [0, 0.05) is 24.8 Å². The molecule has 1 aromatic carbocycles. The molecule has 2 N–H and O–H groups in total. The van der Waals surface area contributed by atoms with Gasteiger partial charge >= 0.3 is 0 Å². The summed E-state index contributed by atoms with van der Waals surface area (Å²) in [6, 6.07) is 7.25. The minimum absolute atomic E-state index is 0.230.